The fourth-order valence-corrected chi connectivity index (χ4v) is 2.13. The van der Waals surface area contributed by atoms with Gasteiger partial charge < -0.3 is 4.90 Å². The molecule has 0 unspecified atom stereocenters. The highest BCUT2D eigenvalue weighted by molar-refractivity contribution is 5.98. The van der Waals surface area contributed by atoms with Crippen molar-refractivity contribution >= 4 is 16.8 Å². The fourth-order valence-electron chi connectivity index (χ4n) is 2.13. The van der Waals surface area contributed by atoms with Crippen molar-refractivity contribution in [2.24, 2.45) is 0 Å². The van der Waals surface area contributed by atoms with Crippen LogP contribution in [-0.4, -0.2) is 29.4 Å². The van der Waals surface area contributed by atoms with Gasteiger partial charge in [-0.3, -0.25) is 9.78 Å². The third-order valence-corrected chi connectivity index (χ3v) is 3.30. The highest BCUT2D eigenvalue weighted by Crippen LogP contribution is 2.19. The summed E-state index contributed by atoms with van der Waals surface area (Å²) in [6, 6.07) is 9.93. The first-order valence-corrected chi connectivity index (χ1v) is 6.53. The van der Waals surface area contributed by atoms with Gasteiger partial charge in [0.2, 0.25) is 0 Å². The van der Waals surface area contributed by atoms with Crippen molar-refractivity contribution < 1.29 is 4.79 Å². The van der Waals surface area contributed by atoms with E-state index in [1.165, 1.54) is 0 Å². The fraction of sp³-hybridized carbons (Fsp3) is 0.312. The Bertz CT molecular complexity index is 701. The Morgan fingerprint density at radius 2 is 2.10 bits per heavy atom. The molecule has 1 aromatic carbocycles. The molecule has 0 aliphatic rings. The lowest BCUT2D eigenvalue weighted by molar-refractivity contribution is 0.0797. The number of pyridine rings is 1. The van der Waals surface area contributed by atoms with E-state index in [0.717, 1.165) is 22.2 Å². The van der Waals surface area contributed by atoms with Crippen LogP contribution in [0.1, 0.15) is 28.0 Å². The van der Waals surface area contributed by atoms with E-state index in [1.54, 1.807) is 11.9 Å². The highest BCUT2D eigenvalue weighted by atomic mass is 16.2. The highest BCUT2D eigenvalue weighted by Gasteiger charge is 2.15. The Morgan fingerprint density at radius 1 is 1.35 bits per heavy atom. The second-order valence-corrected chi connectivity index (χ2v) is 4.95. The van der Waals surface area contributed by atoms with Crippen LogP contribution >= 0.6 is 0 Å². The van der Waals surface area contributed by atoms with Gasteiger partial charge in [0.1, 0.15) is 0 Å². The molecule has 0 radical (unpaired) electrons. The molecular weight excluding hydrogens is 250 g/mol. The Labute approximate surface area is 118 Å². The van der Waals surface area contributed by atoms with Crippen molar-refractivity contribution in [1.29, 1.82) is 5.26 Å². The summed E-state index contributed by atoms with van der Waals surface area (Å²) in [4.78, 5) is 18.4. The summed E-state index contributed by atoms with van der Waals surface area (Å²) in [7, 11) is 1.71. The SMILES string of the molecule is Cc1ccc2nc(C)c(C(=O)N(C)CCC#N)cc2c1. The number of aromatic nitrogens is 1. The number of fused-ring (bicyclic) bond motifs is 1. The van der Waals surface area contributed by atoms with Crippen molar-refractivity contribution in [2.75, 3.05) is 13.6 Å². The molecule has 1 heterocycles. The lowest BCUT2D eigenvalue weighted by atomic mass is 10.1. The zero-order valence-electron chi connectivity index (χ0n) is 12.0. The van der Waals surface area contributed by atoms with Crippen LogP contribution in [0.2, 0.25) is 0 Å². The number of carbonyl (C=O) groups excluding carboxylic acids is 1. The molecule has 0 aliphatic carbocycles. The van der Waals surface area contributed by atoms with Crippen molar-refractivity contribution in [3.8, 4) is 6.07 Å². The van der Waals surface area contributed by atoms with Gasteiger partial charge >= 0.3 is 0 Å². The molecule has 102 valence electrons. The summed E-state index contributed by atoms with van der Waals surface area (Å²) in [5, 5.41) is 9.56. The number of rotatable bonds is 3. The van der Waals surface area contributed by atoms with E-state index in [0.29, 0.717) is 18.5 Å². The number of hydrogen-bond acceptors (Lipinski definition) is 3. The zero-order valence-corrected chi connectivity index (χ0v) is 12.0. The first kappa shape index (κ1) is 14.0. The van der Waals surface area contributed by atoms with Crippen LogP contribution in [-0.2, 0) is 0 Å². The van der Waals surface area contributed by atoms with Gasteiger partial charge in [0.05, 0.1) is 29.3 Å². The number of aryl methyl sites for hydroxylation is 2. The lowest BCUT2D eigenvalue weighted by Crippen LogP contribution is -2.28. The Hall–Kier alpha value is -2.41. The molecule has 0 atom stereocenters. The number of hydrogen-bond donors (Lipinski definition) is 0. The number of nitrogens with zero attached hydrogens (tertiary/aromatic N) is 3. The minimum atomic E-state index is -0.0892. The van der Waals surface area contributed by atoms with E-state index in [-0.39, 0.29) is 5.91 Å². The van der Waals surface area contributed by atoms with Crippen LogP contribution in [0.5, 0.6) is 0 Å². The topological polar surface area (TPSA) is 57.0 Å². The normalized spacial score (nSPS) is 10.3. The first-order chi connectivity index (χ1) is 9.52. The summed E-state index contributed by atoms with van der Waals surface area (Å²) >= 11 is 0. The van der Waals surface area contributed by atoms with E-state index in [9.17, 15) is 4.79 Å². The van der Waals surface area contributed by atoms with Crippen LogP contribution in [0.3, 0.4) is 0 Å². The van der Waals surface area contributed by atoms with E-state index < -0.39 is 0 Å². The monoisotopic (exact) mass is 267 g/mol. The molecule has 0 aliphatic heterocycles. The van der Waals surface area contributed by atoms with Gasteiger partial charge in [-0.05, 0) is 32.0 Å². The Kier molecular flexibility index (Phi) is 3.99. The first-order valence-electron chi connectivity index (χ1n) is 6.53. The molecule has 4 nitrogen and oxygen atoms in total. The van der Waals surface area contributed by atoms with Crippen molar-refractivity contribution in [3.63, 3.8) is 0 Å². The van der Waals surface area contributed by atoms with E-state index in [2.05, 4.69) is 4.98 Å². The molecule has 0 bridgehead atoms. The summed E-state index contributed by atoms with van der Waals surface area (Å²) in [6.07, 6.45) is 0.335. The largest absolute Gasteiger partial charge is 0.341 e. The molecule has 0 spiro atoms. The predicted molar refractivity (Wildman–Crippen MR) is 78.4 cm³/mol. The van der Waals surface area contributed by atoms with E-state index in [4.69, 9.17) is 5.26 Å². The van der Waals surface area contributed by atoms with Crippen LogP contribution in [0, 0.1) is 25.2 Å². The second-order valence-electron chi connectivity index (χ2n) is 4.95. The van der Waals surface area contributed by atoms with Crippen LogP contribution < -0.4 is 0 Å². The number of carbonyl (C=O) groups is 1. The van der Waals surface area contributed by atoms with Gasteiger partial charge in [0.15, 0.2) is 0 Å². The van der Waals surface area contributed by atoms with Gasteiger partial charge in [0.25, 0.3) is 5.91 Å². The van der Waals surface area contributed by atoms with Crippen LogP contribution in [0.25, 0.3) is 10.9 Å². The molecule has 2 rings (SSSR count). The second kappa shape index (κ2) is 5.70. The average molecular weight is 267 g/mol. The van der Waals surface area contributed by atoms with Gasteiger partial charge in [-0.1, -0.05) is 11.6 Å². The van der Waals surface area contributed by atoms with Crippen molar-refractivity contribution in [2.45, 2.75) is 20.3 Å². The van der Waals surface area contributed by atoms with Crippen molar-refractivity contribution in [1.82, 2.24) is 9.88 Å². The third kappa shape index (κ3) is 2.77. The lowest BCUT2D eigenvalue weighted by Gasteiger charge is -2.17. The minimum absolute atomic E-state index is 0.0892. The van der Waals surface area contributed by atoms with Gasteiger partial charge in [-0.2, -0.15) is 5.26 Å². The minimum Gasteiger partial charge on any atom is -0.341 e. The summed E-state index contributed by atoms with van der Waals surface area (Å²) in [5.41, 5.74) is 3.35. The summed E-state index contributed by atoms with van der Waals surface area (Å²) in [6.45, 7) is 4.28. The number of amides is 1. The number of nitriles is 1. The molecule has 0 fully saturated rings. The summed E-state index contributed by atoms with van der Waals surface area (Å²) < 4.78 is 0. The maximum atomic E-state index is 12.4. The van der Waals surface area contributed by atoms with Gasteiger partial charge in [-0.15, -0.1) is 0 Å². The van der Waals surface area contributed by atoms with E-state index in [1.807, 2.05) is 44.2 Å². The molecule has 0 N–H and O–H groups in total. The predicted octanol–water partition coefficient (Wildman–Crippen LogP) is 2.84. The van der Waals surface area contributed by atoms with E-state index >= 15 is 0 Å². The third-order valence-electron chi connectivity index (χ3n) is 3.30. The standard InChI is InChI=1S/C16H17N3O/c1-11-5-6-15-13(9-11)10-14(12(2)18-15)16(20)19(3)8-4-7-17/h5-6,9-10H,4,8H2,1-3H3. The molecular formula is C16H17N3O. The van der Waals surface area contributed by atoms with Crippen LogP contribution in [0.4, 0.5) is 0 Å². The maximum absolute atomic E-state index is 12.4. The maximum Gasteiger partial charge on any atom is 0.255 e. The Balaban J connectivity index is 2.41. The molecule has 20 heavy (non-hydrogen) atoms. The molecule has 1 aromatic heterocycles. The zero-order chi connectivity index (χ0) is 14.7. The van der Waals surface area contributed by atoms with Gasteiger partial charge in [-0.25, -0.2) is 0 Å². The van der Waals surface area contributed by atoms with Crippen LogP contribution in [0.15, 0.2) is 24.3 Å². The summed E-state index contributed by atoms with van der Waals surface area (Å²) in [5.74, 6) is -0.0892. The van der Waals surface area contributed by atoms with Crippen molar-refractivity contribution in [3.05, 3.63) is 41.1 Å². The molecule has 0 saturated carbocycles. The smallest absolute Gasteiger partial charge is 0.255 e. The molecule has 1 amide bonds. The average Bonchev–Trinajstić information content (AvgIpc) is 2.43. The molecule has 0 saturated heterocycles. The quantitative estimate of drug-likeness (QED) is 0.859. The number of benzene rings is 1. The molecule has 4 heteroatoms. The van der Waals surface area contributed by atoms with Gasteiger partial charge in [0, 0.05) is 19.0 Å². The molecule has 2 aromatic rings. The Morgan fingerprint density at radius 3 is 2.80 bits per heavy atom.